The monoisotopic (exact) mass is 278 g/mol. The van der Waals surface area contributed by atoms with Crippen LogP contribution in [0.2, 0.25) is 0 Å². The first-order valence-electron chi connectivity index (χ1n) is 7.45. The van der Waals surface area contributed by atoms with E-state index in [-0.39, 0.29) is 0 Å². The molecular weight excluding hydrogens is 252 g/mol. The summed E-state index contributed by atoms with van der Waals surface area (Å²) in [4.78, 5) is 0. The van der Waals surface area contributed by atoms with Crippen molar-refractivity contribution in [1.29, 1.82) is 0 Å². The zero-order valence-electron chi connectivity index (χ0n) is 12.7. The Morgan fingerprint density at radius 3 is 2.70 bits per heavy atom. The highest BCUT2D eigenvalue weighted by Crippen LogP contribution is 2.30. The third-order valence-electron chi connectivity index (χ3n) is 3.85. The lowest BCUT2D eigenvalue weighted by Crippen LogP contribution is -2.37. The van der Waals surface area contributed by atoms with Gasteiger partial charge < -0.3 is 20.1 Å². The van der Waals surface area contributed by atoms with Gasteiger partial charge in [-0.15, -0.1) is 0 Å². The Bertz CT molecular complexity index is 417. The molecule has 1 aliphatic rings. The van der Waals surface area contributed by atoms with E-state index in [2.05, 4.69) is 17.6 Å². The molecule has 0 aromatic heterocycles. The highest BCUT2D eigenvalue weighted by atomic mass is 16.5. The Kier molecular flexibility index (Phi) is 5.53. The molecule has 1 fully saturated rings. The lowest BCUT2D eigenvalue weighted by Gasteiger charge is -2.27. The second-order valence-electron chi connectivity index (χ2n) is 5.50. The summed E-state index contributed by atoms with van der Waals surface area (Å²) in [7, 11) is 3.32. The largest absolute Gasteiger partial charge is 0.493 e. The number of benzene rings is 1. The highest BCUT2D eigenvalue weighted by molar-refractivity contribution is 5.55. The molecule has 1 aliphatic heterocycles. The first kappa shape index (κ1) is 15.0. The Hall–Kier alpha value is -1.42. The van der Waals surface area contributed by atoms with Gasteiger partial charge in [-0.2, -0.15) is 0 Å². The van der Waals surface area contributed by atoms with E-state index in [1.807, 2.05) is 18.2 Å². The molecule has 0 radical (unpaired) electrons. The lowest BCUT2D eigenvalue weighted by atomic mass is 9.98. The van der Waals surface area contributed by atoms with Crippen LogP contribution in [0.25, 0.3) is 0 Å². The first-order chi connectivity index (χ1) is 9.72. The summed E-state index contributed by atoms with van der Waals surface area (Å²) in [6, 6.07) is 7.04. The SMILES string of the molecule is COc1ccc(NC(C)CC2CCCCN2)cc1OC. The quantitative estimate of drug-likeness (QED) is 0.839. The van der Waals surface area contributed by atoms with Gasteiger partial charge in [-0.25, -0.2) is 0 Å². The fourth-order valence-electron chi connectivity index (χ4n) is 2.82. The van der Waals surface area contributed by atoms with E-state index in [0.29, 0.717) is 12.1 Å². The summed E-state index contributed by atoms with van der Waals surface area (Å²) in [5, 5.41) is 7.13. The lowest BCUT2D eigenvalue weighted by molar-refractivity contribution is 0.355. The van der Waals surface area contributed by atoms with Gasteiger partial charge >= 0.3 is 0 Å². The molecule has 112 valence electrons. The van der Waals surface area contributed by atoms with Crippen LogP contribution in [0.4, 0.5) is 5.69 Å². The highest BCUT2D eigenvalue weighted by Gasteiger charge is 2.16. The molecule has 2 rings (SSSR count). The molecule has 1 heterocycles. The van der Waals surface area contributed by atoms with Gasteiger partial charge in [0.1, 0.15) is 0 Å². The molecule has 0 saturated carbocycles. The van der Waals surface area contributed by atoms with Crippen LogP contribution in [-0.4, -0.2) is 32.8 Å². The fraction of sp³-hybridized carbons (Fsp3) is 0.625. The van der Waals surface area contributed by atoms with Gasteiger partial charge in [-0.05, 0) is 44.9 Å². The minimum atomic E-state index is 0.434. The van der Waals surface area contributed by atoms with E-state index in [4.69, 9.17) is 9.47 Å². The number of hydrogen-bond acceptors (Lipinski definition) is 4. The molecule has 0 spiro atoms. The van der Waals surface area contributed by atoms with Crippen molar-refractivity contribution >= 4 is 5.69 Å². The fourth-order valence-corrected chi connectivity index (χ4v) is 2.82. The molecule has 0 bridgehead atoms. The molecule has 1 saturated heterocycles. The van der Waals surface area contributed by atoms with Gasteiger partial charge in [0, 0.05) is 23.8 Å². The maximum Gasteiger partial charge on any atom is 0.162 e. The van der Waals surface area contributed by atoms with E-state index >= 15 is 0 Å². The van der Waals surface area contributed by atoms with Gasteiger partial charge in [0.15, 0.2) is 11.5 Å². The summed E-state index contributed by atoms with van der Waals surface area (Å²) in [5.74, 6) is 1.53. The average molecular weight is 278 g/mol. The molecule has 20 heavy (non-hydrogen) atoms. The standard InChI is InChI=1S/C16H26N2O2/c1-12(10-13-6-4-5-9-17-13)18-14-7-8-15(19-2)16(11-14)20-3/h7-8,11-13,17-18H,4-6,9-10H2,1-3H3. The number of anilines is 1. The Morgan fingerprint density at radius 1 is 1.25 bits per heavy atom. The van der Waals surface area contributed by atoms with Crippen molar-refractivity contribution in [2.24, 2.45) is 0 Å². The van der Waals surface area contributed by atoms with Crippen molar-refractivity contribution in [3.05, 3.63) is 18.2 Å². The van der Waals surface area contributed by atoms with Crippen LogP contribution in [0, 0.1) is 0 Å². The molecule has 1 aromatic rings. The van der Waals surface area contributed by atoms with Crippen LogP contribution in [0.15, 0.2) is 18.2 Å². The Balaban J connectivity index is 1.91. The van der Waals surface area contributed by atoms with E-state index in [1.54, 1.807) is 14.2 Å². The van der Waals surface area contributed by atoms with Crippen molar-refractivity contribution in [3.8, 4) is 11.5 Å². The van der Waals surface area contributed by atoms with Gasteiger partial charge in [0.05, 0.1) is 14.2 Å². The maximum absolute atomic E-state index is 5.33. The third-order valence-corrected chi connectivity index (χ3v) is 3.85. The molecule has 1 aromatic carbocycles. The Labute approximate surface area is 121 Å². The predicted molar refractivity (Wildman–Crippen MR) is 82.9 cm³/mol. The predicted octanol–water partition coefficient (Wildman–Crippen LogP) is 3.04. The molecule has 4 nitrogen and oxygen atoms in total. The number of hydrogen-bond donors (Lipinski definition) is 2. The molecule has 2 atom stereocenters. The number of nitrogens with one attached hydrogen (secondary N) is 2. The zero-order chi connectivity index (χ0) is 14.4. The van der Waals surface area contributed by atoms with Crippen molar-refractivity contribution in [2.45, 2.75) is 44.7 Å². The topological polar surface area (TPSA) is 42.5 Å². The van der Waals surface area contributed by atoms with Gasteiger partial charge in [0.2, 0.25) is 0 Å². The van der Waals surface area contributed by atoms with Crippen molar-refractivity contribution < 1.29 is 9.47 Å². The molecule has 2 unspecified atom stereocenters. The van der Waals surface area contributed by atoms with Gasteiger partial charge in [-0.1, -0.05) is 6.42 Å². The van der Waals surface area contributed by atoms with Gasteiger partial charge in [-0.3, -0.25) is 0 Å². The summed E-state index contributed by atoms with van der Waals surface area (Å²) in [6.45, 7) is 3.39. The van der Waals surface area contributed by atoms with Crippen LogP contribution < -0.4 is 20.1 Å². The van der Waals surface area contributed by atoms with E-state index < -0.39 is 0 Å². The molecule has 2 N–H and O–H groups in total. The van der Waals surface area contributed by atoms with Crippen molar-refractivity contribution in [2.75, 3.05) is 26.1 Å². The number of ether oxygens (including phenoxy) is 2. The van der Waals surface area contributed by atoms with E-state index in [9.17, 15) is 0 Å². The average Bonchev–Trinajstić information content (AvgIpc) is 2.48. The minimum absolute atomic E-state index is 0.434. The molecule has 4 heteroatoms. The van der Waals surface area contributed by atoms with Gasteiger partial charge in [0.25, 0.3) is 0 Å². The van der Waals surface area contributed by atoms with E-state index in [0.717, 1.165) is 30.2 Å². The normalized spacial score (nSPS) is 20.2. The van der Waals surface area contributed by atoms with Crippen molar-refractivity contribution in [3.63, 3.8) is 0 Å². The van der Waals surface area contributed by atoms with Crippen LogP contribution >= 0.6 is 0 Å². The second kappa shape index (κ2) is 7.39. The summed E-state index contributed by atoms with van der Waals surface area (Å²) < 4.78 is 10.6. The molecular formula is C16H26N2O2. The number of rotatable bonds is 6. The van der Waals surface area contributed by atoms with Crippen LogP contribution in [0.5, 0.6) is 11.5 Å². The molecule has 0 amide bonds. The second-order valence-corrected chi connectivity index (χ2v) is 5.50. The number of methoxy groups -OCH3 is 2. The smallest absolute Gasteiger partial charge is 0.162 e. The maximum atomic E-state index is 5.33. The number of piperidine rings is 1. The Morgan fingerprint density at radius 2 is 2.05 bits per heavy atom. The summed E-state index contributed by atoms with van der Waals surface area (Å²) >= 11 is 0. The van der Waals surface area contributed by atoms with Crippen LogP contribution in [-0.2, 0) is 0 Å². The minimum Gasteiger partial charge on any atom is -0.493 e. The van der Waals surface area contributed by atoms with Crippen LogP contribution in [0.3, 0.4) is 0 Å². The molecule has 0 aliphatic carbocycles. The summed E-state index contributed by atoms with van der Waals surface area (Å²) in [6.07, 6.45) is 5.10. The van der Waals surface area contributed by atoms with Crippen LogP contribution in [0.1, 0.15) is 32.6 Å². The van der Waals surface area contributed by atoms with Crippen molar-refractivity contribution in [1.82, 2.24) is 5.32 Å². The van der Waals surface area contributed by atoms with E-state index in [1.165, 1.54) is 19.3 Å². The zero-order valence-corrected chi connectivity index (χ0v) is 12.7. The first-order valence-corrected chi connectivity index (χ1v) is 7.45. The summed E-state index contributed by atoms with van der Waals surface area (Å²) in [5.41, 5.74) is 1.07. The third kappa shape index (κ3) is 4.04.